The molecule has 0 saturated heterocycles. The van der Waals surface area contributed by atoms with E-state index < -0.39 is 23.9 Å². The van der Waals surface area contributed by atoms with Gasteiger partial charge < -0.3 is 39.6 Å². The summed E-state index contributed by atoms with van der Waals surface area (Å²) in [6.07, 6.45) is 79.4. The fraction of sp³-hybridized carbons (Fsp3) is 0.944. The van der Waals surface area contributed by atoms with Crippen LogP contribution in [0.4, 0.5) is 0 Å². The molecule has 0 aromatic carbocycles. The Morgan fingerprint density at radius 1 is 0.155 bits per heavy atom. The van der Waals surface area contributed by atoms with E-state index in [1.54, 1.807) is 0 Å². The van der Waals surface area contributed by atoms with Crippen molar-refractivity contribution in [2.75, 3.05) is 0 Å². The normalized spacial score (nSPS) is 10.3. The van der Waals surface area contributed by atoms with Crippen LogP contribution in [0.25, 0.3) is 0 Å². The van der Waals surface area contributed by atoms with E-state index in [1.165, 1.54) is 334 Å². The molecule has 84 heavy (non-hydrogen) atoms. The second kappa shape index (κ2) is 98.5. The average Bonchev–Trinajstić information content (AvgIpc) is 3.43. The number of unbranched alkanes of at least 4 members (excludes halogenated alkanes) is 56. The van der Waals surface area contributed by atoms with Crippen LogP contribution in [0.1, 0.15) is 439 Å². The maximum atomic E-state index is 10.2. The van der Waals surface area contributed by atoms with Crippen molar-refractivity contribution >= 4 is 23.9 Å². The number of rotatable bonds is 64. The number of hydrogen-bond acceptors (Lipinski definition) is 8. The molecule has 0 amide bonds. The fourth-order valence-electron chi connectivity index (χ4n) is 10.6. The minimum absolute atomic E-state index is 0. The third-order valence-corrected chi connectivity index (χ3v) is 15.9. The molecule has 480 valence electrons. The summed E-state index contributed by atoms with van der Waals surface area (Å²) in [4.78, 5) is 40.9. The summed E-state index contributed by atoms with van der Waals surface area (Å²) in [5.41, 5.74) is 0. The van der Waals surface area contributed by atoms with E-state index in [9.17, 15) is 39.6 Å². The quantitative estimate of drug-likeness (QED) is 0.0438. The molecule has 0 aromatic heterocycles. The van der Waals surface area contributed by atoms with Gasteiger partial charge in [-0.1, -0.05) is 387 Å². The predicted molar refractivity (Wildman–Crippen MR) is 338 cm³/mol. The minimum atomic E-state index is -0.903. The minimum Gasteiger partial charge on any atom is -0.550 e. The van der Waals surface area contributed by atoms with Gasteiger partial charge in [-0.3, -0.25) is 0 Å². The molecule has 0 aliphatic rings. The van der Waals surface area contributed by atoms with Crippen LogP contribution in [0.5, 0.6) is 0 Å². The topological polar surface area (TPSA) is 161 Å². The van der Waals surface area contributed by atoms with Crippen molar-refractivity contribution in [1.29, 1.82) is 0 Å². The molecule has 0 saturated carbocycles. The van der Waals surface area contributed by atoms with Crippen LogP contribution < -0.4 is 139 Å². The molecule has 0 radical (unpaired) electrons. The average molecular weight is 1230 g/mol. The van der Waals surface area contributed by atoms with Crippen LogP contribution >= 0.6 is 0 Å². The van der Waals surface area contributed by atoms with Crippen molar-refractivity contribution in [3.63, 3.8) is 0 Å². The number of aliphatic carboxylic acids is 4. The molecule has 12 heteroatoms. The summed E-state index contributed by atoms with van der Waals surface area (Å²) in [7, 11) is 0. The molecule has 0 aliphatic carbocycles. The predicted octanol–water partition coefficient (Wildman–Crippen LogP) is 8.01. The summed E-state index contributed by atoms with van der Waals surface area (Å²) < 4.78 is 0. The van der Waals surface area contributed by atoms with Gasteiger partial charge in [-0.2, -0.15) is 0 Å². The van der Waals surface area contributed by atoms with Gasteiger partial charge in [0.2, 0.25) is 0 Å². The van der Waals surface area contributed by atoms with E-state index in [2.05, 4.69) is 27.7 Å². The molecule has 0 bridgehead atoms. The SMILES string of the molecule is CCCCCCCCCCCCCCCCCC(=O)[O-].CCCCCCCCCCCCCCCCCC(=O)[O-].CCCCCCCCCCCCCCCCCC(=O)[O-].CCCCCCCCCCCCCCCCCC(=O)[O-].[Na+].[Na+].[Na+].[Na+]. The smallest absolute Gasteiger partial charge is 0.550 e. The first kappa shape index (κ1) is 102. The van der Waals surface area contributed by atoms with E-state index in [0.29, 0.717) is 0 Å². The van der Waals surface area contributed by atoms with Gasteiger partial charge in [-0.05, 0) is 51.4 Å². The standard InChI is InChI=1S/4C18H36O2.4Na/c4*1-2-3-4-5-6-7-8-9-10-11-12-13-14-15-16-17-18(19)20;;;;/h4*2-17H2,1H3,(H,19,20);;;;/q;;;;4*+1/p-4. The monoisotopic (exact) mass is 1230 g/mol. The van der Waals surface area contributed by atoms with E-state index in [0.717, 1.165) is 51.4 Å². The second-order valence-electron chi connectivity index (χ2n) is 24.3. The molecule has 0 atom stereocenters. The van der Waals surface area contributed by atoms with Crippen molar-refractivity contribution in [2.24, 2.45) is 0 Å². The number of carbonyl (C=O) groups is 4. The second-order valence-corrected chi connectivity index (χ2v) is 24.3. The number of hydrogen-bond donors (Lipinski definition) is 0. The maximum Gasteiger partial charge on any atom is 1.00 e. The number of carboxylic acid groups (broad SMARTS) is 4. The largest absolute Gasteiger partial charge is 1.00 e. The molecule has 0 N–H and O–H groups in total. The molecule has 0 fully saturated rings. The van der Waals surface area contributed by atoms with E-state index in [4.69, 9.17) is 0 Å². The number of carboxylic acids is 4. The van der Waals surface area contributed by atoms with Crippen molar-refractivity contribution in [2.45, 2.75) is 439 Å². The molecule has 0 aromatic rings. The van der Waals surface area contributed by atoms with Gasteiger partial charge in [0.25, 0.3) is 0 Å². The van der Waals surface area contributed by atoms with Crippen LogP contribution in [0.2, 0.25) is 0 Å². The van der Waals surface area contributed by atoms with Gasteiger partial charge in [0.05, 0.1) is 0 Å². The zero-order valence-electron chi connectivity index (χ0n) is 58.5. The molecule has 0 spiro atoms. The van der Waals surface area contributed by atoms with Gasteiger partial charge in [-0.25, -0.2) is 0 Å². The summed E-state index contributed by atoms with van der Waals surface area (Å²) >= 11 is 0. The molecular weight excluding hydrogens is 1080 g/mol. The summed E-state index contributed by atoms with van der Waals surface area (Å²) in [6, 6.07) is 0. The Labute approximate surface area is 613 Å². The maximum absolute atomic E-state index is 10.2. The zero-order chi connectivity index (χ0) is 59.6. The first-order valence-electron chi connectivity index (χ1n) is 35.9. The summed E-state index contributed by atoms with van der Waals surface area (Å²) in [5, 5.41) is 40.9. The third kappa shape index (κ3) is 118. The van der Waals surface area contributed by atoms with E-state index >= 15 is 0 Å². The van der Waals surface area contributed by atoms with Crippen molar-refractivity contribution in [3.05, 3.63) is 0 Å². The Balaban J connectivity index is -0.000000150. The van der Waals surface area contributed by atoms with E-state index in [1.807, 2.05) is 0 Å². The van der Waals surface area contributed by atoms with Gasteiger partial charge in [-0.15, -0.1) is 0 Å². The van der Waals surface area contributed by atoms with E-state index in [-0.39, 0.29) is 144 Å². The molecule has 0 aliphatic heterocycles. The van der Waals surface area contributed by atoms with Gasteiger partial charge in [0.1, 0.15) is 0 Å². The van der Waals surface area contributed by atoms with Crippen LogP contribution in [0.3, 0.4) is 0 Å². The van der Waals surface area contributed by atoms with Crippen LogP contribution in [-0.4, -0.2) is 23.9 Å². The summed E-state index contributed by atoms with van der Waals surface area (Å²) in [6.45, 7) is 9.07. The molecule has 8 nitrogen and oxygen atoms in total. The van der Waals surface area contributed by atoms with Crippen molar-refractivity contribution < 1.29 is 158 Å². The third-order valence-electron chi connectivity index (χ3n) is 15.9. The Hall–Kier alpha value is 1.88. The Bertz CT molecular complexity index is 1010. The molecule has 0 heterocycles. The molecule has 0 unspecified atom stereocenters. The zero-order valence-corrected chi connectivity index (χ0v) is 66.5. The molecule has 0 rings (SSSR count). The first-order chi connectivity index (χ1) is 39.1. The number of carbonyl (C=O) groups excluding carboxylic acids is 4. The van der Waals surface area contributed by atoms with Crippen LogP contribution in [0, 0.1) is 0 Å². The van der Waals surface area contributed by atoms with Crippen molar-refractivity contribution in [1.82, 2.24) is 0 Å². The molecular formula is C72H140Na4O8. The van der Waals surface area contributed by atoms with Gasteiger partial charge in [0.15, 0.2) is 0 Å². The van der Waals surface area contributed by atoms with Crippen LogP contribution in [0.15, 0.2) is 0 Å². The first-order valence-corrected chi connectivity index (χ1v) is 35.9. The Morgan fingerprint density at radius 3 is 0.298 bits per heavy atom. The van der Waals surface area contributed by atoms with Gasteiger partial charge >= 0.3 is 118 Å². The van der Waals surface area contributed by atoms with Crippen LogP contribution in [-0.2, 0) is 19.2 Å². The fourth-order valence-corrected chi connectivity index (χ4v) is 10.6. The summed E-state index contributed by atoms with van der Waals surface area (Å²) in [5.74, 6) is -3.61. The van der Waals surface area contributed by atoms with Gasteiger partial charge in [0, 0.05) is 23.9 Å². The van der Waals surface area contributed by atoms with Crippen molar-refractivity contribution in [3.8, 4) is 0 Å². The Morgan fingerprint density at radius 2 is 0.226 bits per heavy atom. The Kier molecular flexibility index (Phi) is 120.